The summed E-state index contributed by atoms with van der Waals surface area (Å²) >= 11 is 5.88. The summed E-state index contributed by atoms with van der Waals surface area (Å²) in [6, 6.07) is 7.81. The van der Waals surface area contributed by atoms with Crippen molar-refractivity contribution in [3.63, 3.8) is 0 Å². The standard InChI is InChI=1S/C15H14ClN7/c16-12-7-13(19-8-18-12)23-14(17)21-15(22-23)20-11-6-2-4-9-3-1-5-10(9)11/h2,4,6-8H,1,3,5H2,(H3,17,20,21,22). The highest BCUT2D eigenvalue weighted by molar-refractivity contribution is 6.29. The highest BCUT2D eigenvalue weighted by atomic mass is 35.5. The van der Waals surface area contributed by atoms with Crippen LogP contribution in [0.3, 0.4) is 0 Å². The van der Waals surface area contributed by atoms with E-state index in [9.17, 15) is 0 Å². The predicted molar refractivity (Wildman–Crippen MR) is 88.1 cm³/mol. The first kappa shape index (κ1) is 14.0. The van der Waals surface area contributed by atoms with Crippen LogP contribution in [0.2, 0.25) is 5.15 Å². The van der Waals surface area contributed by atoms with Crippen LogP contribution in [0.25, 0.3) is 5.82 Å². The summed E-state index contributed by atoms with van der Waals surface area (Å²) in [5.41, 5.74) is 9.67. The summed E-state index contributed by atoms with van der Waals surface area (Å²) in [5, 5.41) is 7.93. The molecule has 0 saturated heterocycles. The number of benzene rings is 1. The normalized spacial score (nSPS) is 13.1. The molecule has 0 saturated carbocycles. The third kappa shape index (κ3) is 2.59. The van der Waals surface area contributed by atoms with E-state index in [1.807, 2.05) is 12.1 Å². The average molecular weight is 328 g/mol. The Balaban J connectivity index is 1.67. The third-order valence-corrected chi connectivity index (χ3v) is 4.07. The van der Waals surface area contributed by atoms with E-state index >= 15 is 0 Å². The zero-order chi connectivity index (χ0) is 15.8. The van der Waals surface area contributed by atoms with Crippen LogP contribution >= 0.6 is 11.6 Å². The second-order valence-electron chi connectivity index (χ2n) is 5.33. The van der Waals surface area contributed by atoms with Gasteiger partial charge in [-0.2, -0.15) is 9.67 Å². The summed E-state index contributed by atoms with van der Waals surface area (Å²) in [7, 11) is 0. The number of rotatable bonds is 3. The first-order chi connectivity index (χ1) is 11.2. The molecular weight excluding hydrogens is 314 g/mol. The van der Waals surface area contributed by atoms with Gasteiger partial charge in [0.05, 0.1) is 0 Å². The van der Waals surface area contributed by atoms with E-state index in [0.29, 0.717) is 16.9 Å². The second-order valence-corrected chi connectivity index (χ2v) is 5.71. The molecule has 0 spiro atoms. The fraction of sp³-hybridized carbons (Fsp3) is 0.200. The molecule has 7 nitrogen and oxygen atoms in total. The van der Waals surface area contributed by atoms with Gasteiger partial charge in [0.15, 0.2) is 5.82 Å². The number of aryl methyl sites for hydroxylation is 1. The van der Waals surface area contributed by atoms with Gasteiger partial charge in [-0.3, -0.25) is 0 Å². The molecule has 2 aromatic heterocycles. The van der Waals surface area contributed by atoms with Crippen LogP contribution in [0.5, 0.6) is 0 Å². The number of hydrogen-bond donors (Lipinski definition) is 2. The molecule has 1 aromatic carbocycles. The third-order valence-electron chi connectivity index (χ3n) is 3.86. The van der Waals surface area contributed by atoms with Crippen molar-refractivity contribution in [3.05, 3.63) is 46.9 Å². The van der Waals surface area contributed by atoms with Gasteiger partial charge in [-0.15, -0.1) is 5.10 Å². The molecule has 0 bridgehead atoms. The fourth-order valence-corrected chi connectivity index (χ4v) is 2.98. The molecule has 3 aromatic rings. The number of nitrogen functional groups attached to an aromatic ring is 1. The minimum Gasteiger partial charge on any atom is -0.368 e. The molecule has 1 aliphatic carbocycles. The Kier molecular flexibility index (Phi) is 3.34. The van der Waals surface area contributed by atoms with Gasteiger partial charge in [-0.1, -0.05) is 23.7 Å². The van der Waals surface area contributed by atoms with E-state index < -0.39 is 0 Å². The molecule has 0 radical (unpaired) electrons. The Hall–Kier alpha value is -2.67. The number of halogens is 1. The molecular formula is C15H14ClN7. The van der Waals surface area contributed by atoms with Crippen molar-refractivity contribution in [2.45, 2.75) is 19.3 Å². The van der Waals surface area contributed by atoms with E-state index in [2.05, 4.69) is 31.4 Å². The van der Waals surface area contributed by atoms with E-state index in [0.717, 1.165) is 18.5 Å². The SMILES string of the molecule is Nc1nc(Nc2cccc3c2CCC3)nn1-c1cc(Cl)ncn1. The lowest BCUT2D eigenvalue weighted by atomic mass is 10.1. The molecule has 2 heterocycles. The van der Waals surface area contributed by atoms with Crippen LogP contribution in [0, 0.1) is 0 Å². The highest BCUT2D eigenvalue weighted by Gasteiger charge is 2.16. The molecule has 1 aliphatic rings. The zero-order valence-corrected chi connectivity index (χ0v) is 13.0. The van der Waals surface area contributed by atoms with Crippen molar-refractivity contribution in [2.24, 2.45) is 0 Å². The molecule has 0 amide bonds. The summed E-state index contributed by atoms with van der Waals surface area (Å²) in [6.45, 7) is 0. The number of anilines is 3. The Labute approximate surface area is 137 Å². The maximum atomic E-state index is 5.94. The number of fused-ring (bicyclic) bond motifs is 1. The van der Waals surface area contributed by atoms with Gasteiger partial charge in [0.25, 0.3) is 0 Å². The molecule has 3 N–H and O–H groups in total. The maximum absolute atomic E-state index is 5.94. The molecule has 0 aliphatic heterocycles. The monoisotopic (exact) mass is 327 g/mol. The molecule has 23 heavy (non-hydrogen) atoms. The number of nitrogens with two attached hydrogens (primary N) is 1. The van der Waals surface area contributed by atoms with Crippen molar-refractivity contribution >= 4 is 29.2 Å². The van der Waals surface area contributed by atoms with Crippen molar-refractivity contribution in [3.8, 4) is 5.82 Å². The van der Waals surface area contributed by atoms with E-state index in [-0.39, 0.29) is 5.95 Å². The van der Waals surface area contributed by atoms with Gasteiger partial charge in [0.1, 0.15) is 11.5 Å². The van der Waals surface area contributed by atoms with Crippen LogP contribution in [-0.2, 0) is 12.8 Å². The number of hydrogen-bond acceptors (Lipinski definition) is 6. The Morgan fingerprint density at radius 3 is 3.00 bits per heavy atom. The molecule has 116 valence electrons. The van der Waals surface area contributed by atoms with Crippen LogP contribution in [0.1, 0.15) is 17.5 Å². The molecule has 0 atom stereocenters. The minimum absolute atomic E-state index is 0.231. The van der Waals surface area contributed by atoms with Gasteiger partial charge in [0.2, 0.25) is 11.9 Å². The summed E-state index contributed by atoms with van der Waals surface area (Å²) in [4.78, 5) is 12.2. The van der Waals surface area contributed by atoms with Crippen LogP contribution < -0.4 is 11.1 Å². The summed E-state index contributed by atoms with van der Waals surface area (Å²) in [6.07, 6.45) is 4.72. The Bertz CT molecular complexity index is 874. The van der Waals surface area contributed by atoms with Gasteiger partial charge in [-0.25, -0.2) is 9.97 Å². The predicted octanol–water partition coefficient (Wildman–Crippen LogP) is 2.53. The lowest BCUT2D eigenvalue weighted by molar-refractivity contribution is 0.851. The topological polar surface area (TPSA) is 94.5 Å². The molecule has 8 heteroatoms. The van der Waals surface area contributed by atoms with E-state index in [1.54, 1.807) is 6.07 Å². The first-order valence-corrected chi connectivity index (χ1v) is 7.67. The molecule has 4 rings (SSSR count). The quantitative estimate of drug-likeness (QED) is 0.718. The van der Waals surface area contributed by atoms with Gasteiger partial charge in [-0.05, 0) is 36.5 Å². The van der Waals surface area contributed by atoms with Crippen LogP contribution in [-0.4, -0.2) is 24.7 Å². The van der Waals surface area contributed by atoms with Crippen LogP contribution in [0.4, 0.5) is 17.6 Å². The largest absolute Gasteiger partial charge is 0.368 e. The number of nitrogens with one attached hydrogen (secondary N) is 1. The van der Waals surface area contributed by atoms with E-state index in [4.69, 9.17) is 17.3 Å². The summed E-state index contributed by atoms with van der Waals surface area (Å²) < 4.78 is 1.43. The number of nitrogens with zero attached hydrogens (tertiary/aromatic N) is 5. The van der Waals surface area contributed by atoms with Gasteiger partial charge in [0, 0.05) is 11.8 Å². The lowest BCUT2D eigenvalue weighted by Crippen LogP contribution is -2.05. The second kappa shape index (κ2) is 5.51. The minimum atomic E-state index is 0.231. The first-order valence-electron chi connectivity index (χ1n) is 7.29. The van der Waals surface area contributed by atoms with Gasteiger partial charge >= 0.3 is 0 Å². The van der Waals surface area contributed by atoms with Gasteiger partial charge < -0.3 is 11.1 Å². The van der Waals surface area contributed by atoms with E-state index in [1.165, 1.54) is 28.6 Å². The number of aromatic nitrogens is 5. The van der Waals surface area contributed by atoms with Crippen molar-refractivity contribution in [2.75, 3.05) is 11.1 Å². The zero-order valence-electron chi connectivity index (χ0n) is 12.2. The Morgan fingerprint density at radius 2 is 2.13 bits per heavy atom. The lowest BCUT2D eigenvalue weighted by Gasteiger charge is -2.08. The van der Waals surface area contributed by atoms with Crippen LogP contribution in [0.15, 0.2) is 30.6 Å². The molecule has 0 fully saturated rings. The van der Waals surface area contributed by atoms with Crippen molar-refractivity contribution in [1.29, 1.82) is 0 Å². The van der Waals surface area contributed by atoms with Crippen molar-refractivity contribution in [1.82, 2.24) is 24.7 Å². The maximum Gasteiger partial charge on any atom is 0.248 e. The molecule has 0 unspecified atom stereocenters. The smallest absolute Gasteiger partial charge is 0.248 e. The Morgan fingerprint density at radius 1 is 1.22 bits per heavy atom. The summed E-state index contributed by atoms with van der Waals surface area (Å²) in [5.74, 6) is 1.13. The average Bonchev–Trinajstić information content (AvgIpc) is 3.14. The van der Waals surface area contributed by atoms with Crippen molar-refractivity contribution < 1.29 is 0 Å². The fourth-order valence-electron chi connectivity index (χ4n) is 2.84. The highest BCUT2D eigenvalue weighted by Crippen LogP contribution is 2.30.